The van der Waals surface area contributed by atoms with E-state index in [1.165, 1.54) is 18.3 Å². The average Bonchev–Trinajstić information content (AvgIpc) is 3.10. The summed E-state index contributed by atoms with van der Waals surface area (Å²) in [6, 6.07) is 8.03. The van der Waals surface area contributed by atoms with E-state index in [0.717, 1.165) is 12.1 Å². The molecule has 144 valence electrons. The average molecular weight is 391 g/mol. The van der Waals surface area contributed by atoms with Crippen molar-refractivity contribution in [1.29, 1.82) is 0 Å². The summed E-state index contributed by atoms with van der Waals surface area (Å²) in [6.45, 7) is 3.31. The first-order valence-electron chi connectivity index (χ1n) is 7.78. The van der Waals surface area contributed by atoms with Crippen LogP contribution < -0.4 is 4.74 Å². The summed E-state index contributed by atoms with van der Waals surface area (Å²) in [4.78, 5) is 18.5. The van der Waals surface area contributed by atoms with Crippen LogP contribution in [0.2, 0.25) is 0 Å². The van der Waals surface area contributed by atoms with E-state index in [1.807, 2.05) is 0 Å². The van der Waals surface area contributed by atoms with Gasteiger partial charge < -0.3 is 14.4 Å². The van der Waals surface area contributed by atoms with Gasteiger partial charge in [0.15, 0.2) is 0 Å². The van der Waals surface area contributed by atoms with Gasteiger partial charge in [0.05, 0.1) is 12.0 Å². The number of carboxylic acid groups (broad SMARTS) is 1. The van der Waals surface area contributed by atoms with Gasteiger partial charge in [-0.3, -0.25) is 0 Å². The predicted octanol–water partition coefficient (Wildman–Crippen LogP) is 4.13. The minimum Gasteiger partial charge on any atom is -0.478 e. The van der Waals surface area contributed by atoms with Crippen molar-refractivity contribution in [1.82, 2.24) is 15.1 Å². The van der Waals surface area contributed by atoms with Crippen molar-refractivity contribution in [2.45, 2.75) is 12.6 Å². The van der Waals surface area contributed by atoms with Gasteiger partial charge in [-0.25, -0.2) is 9.78 Å². The number of hydrogen-bond donors (Lipinski definition) is 1. The Balaban J connectivity index is 1.94. The van der Waals surface area contributed by atoms with Gasteiger partial charge in [-0.2, -0.15) is 18.2 Å². The smallest absolute Gasteiger partial charge is 0.417 e. The van der Waals surface area contributed by atoms with Crippen LogP contribution in [0.25, 0.3) is 11.4 Å². The van der Waals surface area contributed by atoms with E-state index in [4.69, 9.17) is 14.4 Å². The lowest BCUT2D eigenvalue weighted by molar-refractivity contribution is -0.137. The SMILES string of the molecule is C=C(Cc1nc(-c2ccc(Oc3ccccn3)cc2C(F)(F)F)no1)C(=O)O. The number of halogens is 3. The molecule has 0 aliphatic heterocycles. The number of alkyl halides is 3. The quantitative estimate of drug-likeness (QED) is 0.631. The molecule has 0 radical (unpaired) electrons. The molecule has 3 aromatic rings. The summed E-state index contributed by atoms with van der Waals surface area (Å²) in [7, 11) is 0. The van der Waals surface area contributed by atoms with Crippen LogP contribution >= 0.6 is 0 Å². The molecule has 28 heavy (non-hydrogen) atoms. The first-order chi connectivity index (χ1) is 13.2. The molecule has 0 saturated heterocycles. The number of carboxylic acids is 1. The second-order valence-electron chi connectivity index (χ2n) is 5.57. The number of hydrogen-bond acceptors (Lipinski definition) is 6. The Morgan fingerprint density at radius 3 is 2.68 bits per heavy atom. The zero-order valence-corrected chi connectivity index (χ0v) is 14.1. The first kappa shape index (κ1) is 19.1. The second kappa shape index (κ2) is 7.51. The number of ether oxygens (including phenoxy) is 1. The largest absolute Gasteiger partial charge is 0.478 e. The summed E-state index contributed by atoms with van der Waals surface area (Å²) < 4.78 is 50.8. The third-order valence-electron chi connectivity index (χ3n) is 3.53. The van der Waals surface area contributed by atoms with Crippen molar-refractivity contribution in [2.75, 3.05) is 0 Å². The van der Waals surface area contributed by atoms with Gasteiger partial charge in [0.1, 0.15) is 5.75 Å². The summed E-state index contributed by atoms with van der Waals surface area (Å²) in [5.41, 5.74) is -1.60. The molecule has 1 N–H and O–H groups in total. The lowest BCUT2D eigenvalue weighted by Crippen LogP contribution is -2.08. The first-order valence-corrected chi connectivity index (χ1v) is 7.78. The summed E-state index contributed by atoms with van der Waals surface area (Å²) >= 11 is 0. The molecule has 0 atom stereocenters. The molecular weight excluding hydrogens is 379 g/mol. The Morgan fingerprint density at radius 1 is 1.25 bits per heavy atom. The molecule has 0 aliphatic carbocycles. The van der Waals surface area contributed by atoms with Crippen LogP contribution in [0.15, 0.2) is 59.3 Å². The lowest BCUT2D eigenvalue weighted by Gasteiger charge is -2.12. The summed E-state index contributed by atoms with van der Waals surface area (Å²) in [5.74, 6) is -1.70. The minimum atomic E-state index is -4.72. The van der Waals surface area contributed by atoms with Crippen LogP contribution in [0, 0.1) is 0 Å². The molecule has 10 heteroatoms. The third-order valence-corrected chi connectivity index (χ3v) is 3.53. The molecule has 0 amide bonds. The van der Waals surface area contributed by atoms with Gasteiger partial charge in [-0.1, -0.05) is 17.8 Å². The molecule has 0 fully saturated rings. The van der Waals surface area contributed by atoms with Crippen molar-refractivity contribution in [2.24, 2.45) is 0 Å². The van der Waals surface area contributed by atoms with Crippen molar-refractivity contribution in [3.05, 3.63) is 66.2 Å². The van der Waals surface area contributed by atoms with Crippen molar-refractivity contribution in [3.8, 4) is 23.0 Å². The van der Waals surface area contributed by atoms with Crippen LogP contribution in [0.5, 0.6) is 11.6 Å². The van der Waals surface area contributed by atoms with E-state index in [-0.39, 0.29) is 40.9 Å². The number of carbonyl (C=O) groups is 1. The Hall–Kier alpha value is -3.69. The van der Waals surface area contributed by atoms with Crippen molar-refractivity contribution in [3.63, 3.8) is 0 Å². The Labute approximate surface area is 156 Å². The number of rotatable bonds is 6. The molecule has 0 aliphatic rings. The molecule has 7 nitrogen and oxygen atoms in total. The number of pyridine rings is 1. The van der Waals surface area contributed by atoms with E-state index < -0.39 is 17.7 Å². The number of nitrogens with zero attached hydrogens (tertiary/aromatic N) is 3. The molecule has 2 aromatic heterocycles. The molecule has 0 spiro atoms. The topological polar surface area (TPSA) is 98.3 Å². The fourth-order valence-electron chi connectivity index (χ4n) is 2.24. The zero-order chi connectivity index (χ0) is 20.3. The van der Waals surface area contributed by atoms with Gasteiger partial charge in [-0.15, -0.1) is 0 Å². The number of benzene rings is 1. The normalized spacial score (nSPS) is 11.2. The fraction of sp³-hybridized carbons (Fsp3) is 0.111. The summed E-state index contributed by atoms with van der Waals surface area (Å²) in [6.07, 6.45) is -3.56. The van der Waals surface area contributed by atoms with Gasteiger partial charge >= 0.3 is 12.1 Å². The highest BCUT2D eigenvalue weighted by Gasteiger charge is 2.35. The van der Waals surface area contributed by atoms with E-state index in [1.54, 1.807) is 12.1 Å². The van der Waals surface area contributed by atoms with Gasteiger partial charge in [0.2, 0.25) is 17.6 Å². The van der Waals surface area contributed by atoms with Crippen LogP contribution in [0.4, 0.5) is 13.2 Å². The number of aromatic nitrogens is 3. The fourth-order valence-corrected chi connectivity index (χ4v) is 2.24. The van der Waals surface area contributed by atoms with Crippen LogP contribution in [-0.4, -0.2) is 26.2 Å². The lowest BCUT2D eigenvalue weighted by atomic mass is 10.1. The molecule has 3 rings (SSSR count). The van der Waals surface area contributed by atoms with E-state index >= 15 is 0 Å². The Kier molecular flexibility index (Phi) is 5.12. The molecule has 0 unspecified atom stereocenters. The predicted molar refractivity (Wildman–Crippen MR) is 89.5 cm³/mol. The maximum absolute atomic E-state index is 13.5. The molecule has 0 bridgehead atoms. The van der Waals surface area contributed by atoms with Crippen LogP contribution in [0.3, 0.4) is 0 Å². The molecule has 0 saturated carbocycles. The van der Waals surface area contributed by atoms with E-state index in [0.29, 0.717) is 0 Å². The maximum Gasteiger partial charge on any atom is 0.417 e. The Morgan fingerprint density at radius 2 is 2.04 bits per heavy atom. The third kappa shape index (κ3) is 4.34. The monoisotopic (exact) mass is 391 g/mol. The standard InChI is InChI=1S/C18H12F3N3O4/c1-10(17(25)26)8-15-23-16(24-28-15)12-6-5-11(9-13(12)18(19,20)21)27-14-4-2-3-7-22-14/h2-7,9H,1,8H2,(H,25,26). The maximum atomic E-state index is 13.5. The van der Waals surface area contributed by atoms with Crippen LogP contribution in [-0.2, 0) is 17.4 Å². The van der Waals surface area contributed by atoms with Gasteiger partial charge in [-0.05, 0) is 24.3 Å². The highest BCUT2D eigenvalue weighted by molar-refractivity contribution is 5.86. The summed E-state index contributed by atoms with van der Waals surface area (Å²) in [5, 5.41) is 12.3. The van der Waals surface area contributed by atoms with E-state index in [2.05, 4.69) is 21.7 Å². The highest BCUT2D eigenvalue weighted by atomic mass is 19.4. The van der Waals surface area contributed by atoms with Gasteiger partial charge in [0.25, 0.3) is 0 Å². The van der Waals surface area contributed by atoms with Crippen LogP contribution in [0.1, 0.15) is 11.5 Å². The minimum absolute atomic E-state index is 0.0715. The Bertz CT molecular complexity index is 1020. The molecular formula is C18H12F3N3O4. The number of aliphatic carboxylic acids is 1. The van der Waals surface area contributed by atoms with Crippen molar-refractivity contribution < 1.29 is 32.3 Å². The molecule has 2 heterocycles. The van der Waals surface area contributed by atoms with E-state index in [9.17, 15) is 18.0 Å². The molecule has 1 aromatic carbocycles. The highest BCUT2D eigenvalue weighted by Crippen LogP contribution is 2.39. The zero-order valence-electron chi connectivity index (χ0n) is 14.1. The second-order valence-corrected chi connectivity index (χ2v) is 5.57. The van der Waals surface area contributed by atoms with Gasteiger partial charge in [0, 0.05) is 23.4 Å². The van der Waals surface area contributed by atoms with Crippen molar-refractivity contribution >= 4 is 5.97 Å².